The molecule has 0 spiro atoms. The van der Waals surface area contributed by atoms with Gasteiger partial charge in [0.15, 0.2) is 0 Å². The van der Waals surface area contributed by atoms with Crippen LogP contribution < -0.4 is 0 Å². The van der Waals surface area contributed by atoms with Gasteiger partial charge in [0, 0.05) is 11.2 Å². The normalized spacial score (nSPS) is 13.4. The van der Waals surface area contributed by atoms with E-state index in [1.54, 1.807) is 0 Å². The van der Waals surface area contributed by atoms with Crippen molar-refractivity contribution in [2.45, 2.75) is 33.6 Å². The molecule has 16 heavy (non-hydrogen) atoms. The van der Waals surface area contributed by atoms with Crippen molar-refractivity contribution >= 4 is 9.84 Å². The average molecular weight is 252 g/mol. The molecule has 0 aromatic heterocycles. The van der Waals surface area contributed by atoms with E-state index in [1.807, 2.05) is 20.8 Å². The molecule has 4 nitrogen and oxygen atoms in total. The molecule has 0 radical (unpaired) electrons. The third kappa shape index (κ3) is 4.39. The van der Waals surface area contributed by atoms with Gasteiger partial charge in [-0.25, -0.2) is 8.42 Å². The van der Waals surface area contributed by atoms with E-state index in [1.165, 1.54) is 0 Å². The van der Waals surface area contributed by atoms with Crippen LogP contribution in [0.25, 0.3) is 0 Å². The van der Waals surface area contributed by atoms with Crippen molar-refractivity contribution < 1.29 is 18.6 Å². The molecule has 0 saturated heterocycles. The van der Waals surface area contributed by atoms with Crippen LogP contribution in [-0.2, 0) is 9.84 Å². The third-order valence-corrected chi connectivity index (χ3v) is 5.14. The molecule has 0 aliphatic heterocycles. The van der Waals surface area contributed by atoms with E-state index in [0.29, 0.717) is 12.8 Å². The maximum absolute atomic E-state index is 11.6. The summed E-state index contributed by atoms with van der Waals surface area (Å²) >= 11 is 0. The first-order chi connectivity index (χ1) is 7.33. The minimum Gasteiger partial charge on any atom is -0.396 e. The van der Waals surface area contributed by atoms with E-state index in [-0.39, 0.29) is 30.6 Å². The van der Waals surface area contributed by atoms with Gasteiger partial charge in [-0.15, -0.1) is 0 Å². The Morgan fingerprint density at radius 3 is 1.94 bits per heavy atom. The largest absolute Gasteiger partial charge is 0.396 e. The van der Waals surface area contributed by atoms with Crippen molar-refractivity contribution in [2.75, 3.05) is 24.7 Å². The number of hydrogen-bond donors (Lipinski definition) is 2. The Balaban J connectivity index is 4.56. The Morgan fingerprint density at radius 2 is 1.62 bits per heavy atom. The molecule has 0 heterocycles. The summed E-state index contributed by atoms with van der Waals surface area (Å²) in [7, 11) is -3.04. The molecule has 0 saturated carbocycles. The standard InChI is InChI=1S/C11H24O4S/c1-4-6-16(14,15)7-5-11(8-12,9-13)10(2)3/h10,12-13H,4-9H2,1-3H3. The maximum atomic E-state index is 11.6. The van der Waals surface area contributed by atoms with E-state index >= 15 is 0 Å². The number of sulfone groups is 1. The van der Waals surface area contributed by atoms with Crippen LogP contribution in [0.2, 0.25) is 0 Å². The van der Waals surface area contributed by atoms with Crippen LogP contribution >= 0.6 is 0 Å². The zero-order valence-electron chi connectivity index (χ0n) is 10.4. The van der Waals surface area contributed by atoms with Crippen LogP contribution in [0.3, 0.4) is 0 Å². The lowest BCUT2D eigenvalue weighted by molar-refractivity contribution is 0.0136. The summed E-state index contributed by atoms with van der Waals surface area (Å²) < 4.78 is 23.1. The van der Waals surface area contributed by atoms with Gasteiger partial charge in [0.25, 0.3) is 0 Å². The molecule has 98 valence electrons. The van der Waals surface area contributed by atoms with Crippen molar-refractivity contribution in [3.63, 3.8) is 0 Å². The van der Waals surface area contributed by atoms with Gasteiger partial charge >= 0.3 is 0 Å². The molecule has 0 aliphatic carbocycles. The lowest BCUT2D eigenvalue weighted by atomic mass is 9.76. The fraction of sp³-hybridized carbons (Fsp3) is 1.00. The Labute approximate surface area is 98.6 Å². The van der Waals surface area contributed by atoms with Gasteiger partial charge in [-0.3, -0.25) is 0 Å². The number of rotatable bonds is 8. The molecule has 0 amide bonds. The number of aliphatic hydroxyl groups excluding tert-OH is 2. The second-order valence-electron chi connectivity index (χ2n) is 4.74. The lowest BCUT2D eigenvalue weighted by Crippen LogP contribution is -2.37. The molecule has 0 aromatic carbocycles. The van der Waals surface area contributed by atoms with Crippen molar-refractivity contribution in [1.29, 1.82) is 0 Å². The van der Waals surface area contributed by atoms with Gasteiger partial charge in [0.2, 0.25) is 0 Å². The number of aliphatic hydroxyl groups is 2. The SMILES string of the molecule is CCCS(=O)(=O)CCC(CO)(CO)C(C)C. The summed E-state index contributed by atoms with van der Waals surface area (Å²) in [6.07, 6.45) is 0.926. The molecule has 0 atom stereocenters. The van der Waals surface area contributed by atoms with Crippen LogP contribution in [-0.4, -0.2) is 43.4 Å². The molecule has 2 N–H and O–H groups in total. The Bertz CT molecular complexity index is 278. The summed E-state index contributed by atoms with van der Waals surface area (Å²) in [4.78, 5) is 0. The monoisotopic (exact) mass is 252 g/mol. The highest BCUT2D eigenvalue weighted by molar-refractivity contribution is 7.91. The van der Waals surface area contributed by atoms with Crippen LogP contribution in [0.15, 0.2) is 0 Å². The quantitative estimate of drug-likeness (QED) is 0.671. The first kappa shape index (κ1) is 15.9. The zero-order valence-corrected chi connectivity index (χ0v) is 11.3. The molecule has 0 aromatic rings. The number of hydrogen-bond acceptors (Lipinski definition) is 4. The minimum absolute atomic E-state index is 0.0418. The van der Waals surface area contributed by atoms with Crippen LogP contribution in [0.5, 0.6) is 0 Å². The van der Waals surface area contributed by atoms with E-state index in [0.717, 1.165) is 0 Å². The summed E-state index contributed by atoms with van der Waals surface area (Å²) in [6.45, 7) is 5.24. The molecule has 0 rings (SSSR count). The maximum Gasteiger partial charge on any atom is 0.150 e. The summed E-state index contributed by atoms with van der Waals surface area (Å²) in [5.41, 5.74) is -0.680. The zero-order chi connectivity index (χ0) is 12.8. The summed E-state index contributed by atoms with van der Waals surface area (Å²) in [5, 5.41) is 18.6. The highest BCUT2D eigenvalue weighted by atomic mass is 32.2. The van der Waals surface area contributed by atoms with Crippen LogP contribution in [0.1, 0.15) is 33.6 Å². The van der Waals surface area contributed by atoms with E-state index < -0.39 is 15.3 Å². The first-order valence-corrected chi connectivity index (χ1v) is 7.58. The van der Waals surface area contributed by atoms with Gasteiger partial charge in [0.1, 0.15) is 9.84 Å². The molecular weight excluding hydrogens is 228 g/mol. The van der Waals surface area contributed by atoms with E-state index in [4.69, 9.17) is 0 Å². The Morgan fingerprint density at radius 1 is 1.12 bits per heavy atom. The molecule has 0 fully saturated rings. The van der Waals surface area contributed by atoms with Crippen molar-refractivity contribution in [2.24, 2.45) is 11.3 Å². The topological polar surface area (TPSA) is 74.6 Å². The van der Waals surface area contributed by atoms with Crippen molar-refractivity contribution in [3.8, 4) is 0 Å². The fourth-order valence-corrected chi connectivity index (χ4v) is 3.18. The fourth-order valence-electron chi connectivity index (χ4n) is 1.63. The van der Waals surface area contributed by atoms with Gasteiger partial charge in [-0.1, -0.05) is 20.8 Å². The second kappa shape index (κ2) is 6.57. The Kier molecular flexibility index (Phi) is 6.51. The van der Waals surface area contributed by atoms with Crippen LogP contribution in [0, 0.1) is 11.3 Å². The van der Waals surface area contributed by atoms with Gasteiger partial charge < -0.3 is 10.2 Å². The second-order valence-corrected chi connectivity index (χ2v) is 7.04. The molecule has 0 bridgehead atoms. The molecule has 0 aliphatic rings. The molecule has 0 unspecified atom stereocenters. The van der Waals surface area contributed by atoms with E-state index in [2.05, 4.69) is 0 Å². The van der Waals surface area contributed by atoms with Crippen LogP contribution in [0.4, 0.5) is 0 Å². The highest BCUT2D eigenvalue weighted by Crippen LogP contribution is 2.31. The average Bonchev–Trinajstić information content (AvgIpc) is 2.19. The predicted octanol–water partition coefficient (Wildman–Crippen LogP) is 0.828. The smallest absolute Gasteiger partial charge is 0.150 e. The van der Waals surface area contributed by atoms with Crippen molar-refractivity contribution in [3.05, 3.63) is 0 Å². The summed E-state index contributed by atoms with van der Waals surface area (Å²) in [6, 6.07) is 0. The summed E-state index contributed by atoms with van der Waals surface area (Å²) in [5.74, 6) is 0.275. The minimum atomic E-state index is -3.04. The molecular formula is C11H24O4S. The van der Waals surface area contributed by atoms with E-state index in [9.17, 15) is 18.6 Å². The predicted molar refractivity (Wildman–Crippen MR) is 65.0 cm³/mol. The van der Waals surface area contributed by atoms with Gasteiger partial charge in [-0.2, -0.15) is 0 Å². The van der Waals surface area contributed by atoms with Gasteiger partial charge in [0.05, 0.1) is 19.0 Å². The third-order valence-electron chi connectivity index (χ3n) is 3.28. The Hall–Kier alpha value is -0.130. The molecule has 5 heteroatoms. The lowest BCUT2D eigenvalue weighted by Gasteiger charge is -2.33. The van der Waals surface area contributed by atoms with Gasteiger partial charge in [-0.05, 0) is 18.8 Å². The van der Waals surface area contributed by atoms with Crippen molar-refractivity contribution in [1.82, 2.24) is 0 Å². The highest BCUT2D eigenvalue weighted by Gasteiger charge is 2.33. The first-order valence-electron chi connectivity index (χ1n) is 5.75.